The molecule has 0 saturated carbocycles. The minimum Gasteiger partial charge on any atom is -0.316 e. The van der Waals surface area contributed by atoms with E-state index in [2.05, 4.69) is 254 Å². The fourth-order valence-corrected chi connectivity index (χ4v) is 11.4. The maximum absolute atomic E-state index is 2.48. The van der Waals surface area contributed by atoms with Crippen LogP contribution in [-0.2, 0) is 10.8 Å². The molecule has 9 aromatic carbocycles. The summed E-state index contributed by atoms with van der Waals surface area (Å²) in [5, 5.41) is 3.83. The summed E-state index contributed by atoms with van der Waals surface area (Å²) in [4.78, 5) is 2.38. The molecule has 1 aliphatic heterocycles. The molecule has 0 spiro atoms. The zero-order valence-corrected chi connectivity index (χ0v) is 37.0. The number of benzene rings is 9. The molecule has 0 saturated heterocycles. The van der Waals surface area contributed by atoms with Gasteiger partial charge < -0.3 is 14.0 Å². The van der Waals surface area contributed by atoms with Gasteiger partial charge in [-0.05, 0) is 134 Å². The summed E-state index contributed by atoms with van der Waals surface area (Å²) in [5.41, 5.74) is 22.3. The lowest BCUT2D eigenvalue weighted by molar-refractivity contribution is 0.629. The second-order valence-electron chi connectivity index (χ2n) is 19.0. The molecular formula is C62H47N3. The van der Waals surface area contributed by atoms with E-state index in [1.54, 1.807) is 0 Å². The van der Waals surface area contributed by atoms with E-state index in [-0.39, 0.29) is 10.8 Å². The van der Waals surface area contributed by atoms with Gasteiger partial charge in [-0.2, -0.15) is 0 Å². The molecule has 11 aromatic rings. The zero-order valence-electron chi connectivity index (χ0n) is 37.0. The molecule has 3 heterocycles. The molecule has 0 amide bonds. The van der Waals surface area contributed by atoms with Crippen molar-refractivity contribution in [3.8, 4) is 44.8 Å². The normalized spacial score (nSPS) is 14.1. The second kappa shape index (κ2) is 13.8. The van der Waals surface area contributed by atoms with Crippen LogP contribution in [0.25, 0.3) is 77.5 Å². The highest BCUT2D eigenvalue weighted by molar-refractivity contribution is 6.20. The summed E-state index contributed by atoms with van der Waals surface area (Å²) in [6.45, 7) is 9.46. The summed E-state index contributed by atoms with van der Waals surface area (Å²) in [6, 6.07) is 76.4. The molecule has 0 bridgehead atoms. The van der Waals surface area contributed by atoms with Crippen molar-refractivity contribution in [3.63, 3.8) is 0 Å². The van der Waals surface area contributed by atoms with Crippen molar-refractivity contribution in [2.75, 3.05) is 4.90 Å². The van der Waals surface area contributed by atoms with Crippen LogP contribution >= 0.6 is 0 Å². The predicted molar refractivity (Wildman–Crippen MR) is 273 cm³/mol. The molecule has 0 atom stereocenters. The van der Waals surface area contributed by atoms with Gasteiger partial charge in [0, 0.05) is 61.6 Å². The van der Waals surface area contributed by atoms with Gasteiger partial charge in [-0.1, -0.05) is 155 Å². The molecule has 2 aromatic heterocycles. The van der Waals surface area contributed by atoms with Crippen molar-refractivity contribution in [1.82, 2.24) is 9.13 Å². The first-order chi connectivity index (χ1) is 31.8. The number of nitrogens with zero attached hydrogens (tertiary/aromatic N) is 3. The van der Waals surface area contributed by atoms with Gasteiger partial charge in [0.25, 0.3) is 0 Å². The maximum atomic E-state index is 2.48. The van der Waals surface area contributed by atoms with E-state index < -0.39 is 0 Å². The topological polar surface area (TPSA) is 13.1 Å². The Kier molecular flexibility index (Phi) is 8.00. The molecule has 3 nitrogen and oxygen atoms in total. The van der Waals surface area contributed by atoms with Gasteiger partial charge >= 0.3 is 0 Å². The van der Waals surface area contributed by atoms with E-state index in [4.69, 9.17) is 0 Å². The quantitative estimate of drug-likeness (QED) is 0.163. The fraction of sp³-hybridized carbons (Fsp3) is 0.0968. The summed E-state index contributed by atoms with van der Waals surface area (Å²) in [7, 11) is 0. The Morgan fingerprint density at radius 3 is 1.66 bits per heavy atom. The van der Waals surface area contributed by atoms with Crippen LogP contribution in [-0.4, -0.2) is 9.13 Å². The second-order valence-corrected chi connectivity index (χ2v) is 19.0. The summed E-state index contributed by atoms with van der Waals surface area (Å²) in [5.74, 6) is 0. The number of hydrogen-bond donors (Lipinski definition) is 0. The summed E-state index contributed by atoms with van der Waals surface area (Å²) >= 11 is 0. The van der Waals surface area contributed by atoms with E-state index in [0.29, 0.717) is 0 Å². The van der Waals surface area contributed by atoms with E-state index >= 15 is 0 Å². The molecule has 0 N–H and O–H groups in total. The molecule has 2 aliphatic rings. The third-order valence-electron chi connectivity index (χ3n) is 14.8. The fourth-order valence-electron chi connectivity index (χ4n) is 11.4. The molecule has 65 heavy (non-hydrogen) atoms. The number of aromatic nitrogens is 2. The average Bonchev–Trinajstić information content (AvgIpc) is 4.01. The van der Waals surface area contributed by atoms with Crippen molar-refractivity contribution < 1.29 is 0 Å². The van der Waals surface area contributed by atoms with E-state index in [9.17, 15) is 0 Å². The van der Waals surface area contributed by atoms with E-state index in [0.717, 1.165) is 22.7 Å². The van der Waals surface area contributed by atoms with Crippen LogP contribution in [0.3, 0.4) is 0 Å². The standard InChI is InChI=1S/C62H47N3/c1-61(2)53-18-10-8-16-48(53)49-35-26-43(38-55(49)61)42-24-29-45(30-25-42)64(44-27-22-41(23-28-44)40-14-6-5-7-15-40)46-31-33-47(34-32-46)65-57-20-12-9-17-50(57)52-39-56-60-51(59(52)65)36-37-63(60)58-21-13-11-19-54(58)62(56,3)4/h5-39H,1-4H3. The van der Waals surface area contributed by atoms with Gasteiger partial charge in [0.1, 0.15) is 0 Å². The zero-order chi connectivity index (χ0) is 43.6. The largest absolute Gasteiger partial charge is 0.316 e. The number of hydrogen-bond acceptors (Lipinski definition) is 1. The average molecular weight is 834 g/mol. The van der Waals surface area contributed by atoms with Crippen LogP contribution in [0.15, 0.2) is 212 Å². The Bertz CT molecular complexity index is 3680. The minimum atomic E-state index is -0.145. The summed E-state index contributed by atoms with van der Waals surface area (Å²) in [6.07, 6.45) is 2.27. The van der Waals surface area contributed by atoms with E-state index in [1.165, 1.54) is 94.0 Å². The monoisotopic (exact) mass is 833 g/mol. The lowest BCUT2D eigenvalue weighted by Gasteiger charge is -2.34. The Labute approximate surface area is 380 Å². The first-order valence-corrected chi connectivity index (χ1v) is 22.8. The smallest absolute Gasteiger partial charge is 0.0635 e. The minimum absolute atomic E-state index is 0.0483. The molecule has 0 fully saturated rings. The van der Waals surface area contributed by atoms with Crippen molar-refractivity contribution >= 4 is 49.8 Å². The maximum Gasteiger partial charge on any atom is 0.0635 e. The summed E-state index contributed by atoms with van der Waals surface area (Å²) < 4.78 is 4.89. The first-order valence-electron chi connectivity index (χ1n) is 22.8. The number of rotatable bonds is 6. The Hall–Kier alpha value is -7.88. The van der Waals surface area contributed by atoms with Crippen LogP contribution in [0.4, 0.5) is 17.1 Å². The molecule has 1 aliphatic carbocycles. The Balaban J connectivity index is 0.928. The van der Waals surface area contributed by atoms with Gasteiger partial charge in [0.2, 0.25) is 0 Å². The highest BCUT2D eigenvalue weighted by atomic mass is 15.1. The van der Waals surface area contributed by atoms with Crippen LogP contribution in [0.1, 0.15) is 49.9 Å². The van der Waals surface area contributed by atoms with Gasteiger partial charge in [-0.3, -0.25) is 0 Å². The van der Waals surface area contributed by atoms with Crippen molar-refractivity contribution in [1.29, 1.82) is 0 Å². The van der Waals surface area contributed by atoms with Gasteiger partial charge in [-0.15, -0.1) is 0 Å². The van der Waals surface area contributed by atoms with Crippen LogP contribution in [0, 0.1) is 0 Å². The SMILES string of the molecule is CC1(C)c2ccccc2-c2ccc(-c3ccc(N(c4ccc(-c5ccccc5)cc4)c4ccc(-n5c6ccccc6c6cc7c8c(ccn8-c8ccccc8C7(C)C)c65)cc4)cc3)cc21. The molecular weight excluding hydrogens is 787 g/mol. The number of para-hydroxylation sites is 2. The highest BCUT2D eigenvalue weighted by Crippen LogP contribution is 2.51. The molecule has 3 heteroatoms. The van der Waals surface area contributed by atoms with Crippen molar-refractivity contribution in [3.05, 3.63) is 235 Å². The van der Waals surface area contributed by atoms with Gasteiger partial charge in [-0.25, -0.2) is 0 Å². The van der Waals surface area contributed by atoms with Crippen LogP contribution < -0.4 is 4.90 Å². The van der Waals surface area contributed by atoms with E-state index in [1.807, 2.05) is 0 Å². The third kappa shape index (κ3) is 5.48. The predicted octanol–water partition coefficient (Wildman–Crippen LogP) is 16.5. The van der Waals surface area contributed by atoms with Gasteiger partial charge in [0.15, 0.2) is 0 Å². The van der Waals surface area contributed by atoms with Crippen molar-refractivity contribution in [2.24, 2.45) is 0 Å². The molecule has 13 rings (SSSR count). The lowest BCUT2D eigenvalue weighted by atomic mass is 9.74. The Morgan fingerprint density at radius 1 is 0.369 bits per heavy atom. The number of fused-ring (bicyclic) bond motifs is 9. The lowest BCUT2D eigenvalue weighted by Crippen LogP contribution is -2.26. The molecule has 0 unspecified atom stereocenters. The number of anilines is 3. The van der Waals surface area contributed by atoms with Crippen LogP contribution in [0.5, 0.6) is 0 Å². The first kappa shape index (κ1) is 37.7. The highest BCUT2D eigenvalue weighted by Gasteiger charge is 2.36. The third-order valence-corrected chi connectivity index (χ3v) is 14.8. The molecule has 0 radical (unpaired) electrons. The Morgan fingerprint density at radius 2 is 0.923 bits per heavy atom. The van der Waals surface area contributed by atoms with Gasteiger partial charge in [0.05, 0.1) is 16.6 Å². The van der Waals surface area contributed by atoms with Crippen molar-refractivity contribution in [2.45, 2.75) is 38.5 Å². The molecule has 310 valence electrons. The van der Waals surface area contributed by atoms with Crippen LogP contribution in [0.2, 0.25) is 0 Å².